The van der Waals surface area contributed by atoms with Crippen molar-refractivity contribution in [1.29, 1.82) is 0 Å². The standard InChI is InChI=1S/C19H36O5/c1-2-3-4-5-6-7-8-9-10-11-12-13-23-14-17(21)19-18(22)16(20)15-24-19/h5-6,16-22H,2-4,7-15H2,1H3/b6-5+/t16-,17+,18-,19-/m1/s1. The number of ether oxygens (including phenoxy) is 2. The van der Waals surface area contributed by atoms with Crippen LogP contribution in [0.4, 0.5) is 0 Å². The summed E-state index contributed by atoms with van der Waals surface area (Å²) in [6, 6.07) is 0. The molecule has 1 fully saturated rings. The molecular weight excluding hydrogens is 308 g/mol. The Morgan fingerprint density at radius 1 is 1.04 bits per heavy atom. The van der Waals surface area contributed by atoms with Gasteiger partial charge in [0.25, 0.3) is 0 Å². The molecule has 0 aromatic carbocycles. The number of rotatable bonds is 14. The van der Waals surface area contributed by atoms with Crippen LogP contribution in [0, 0.1) is 0 Å². The van der Waals surface area contributed by atoms with E-state index >= 15 is 0 Å². The average molecular weight is 344 g/mol. The fraction of sp³-hybridized carbons (Fsp3) is 0.895. The van der Waals surface area contributed by atoms with Gasteiger partial charge >= 0.3 is 0 Å². The summed E-state index contributed by atoms with van der Waals surface area (Å²) in [5.41, 5.74) is 0. The summed E-state index contributed by atoms with van der Waals surface area (Å²) >= 11 is 0. The van der Waals surface area contributed by atoms with Gasteiger partial charge < -0.3 is 24.8 Å². The van der Waals surface area contributed by atoms with Crippen LogP contribution in [0.15, 0.2) is 12.2 Å². The first-order chi connectivity index (χ1) is 11.7. The molecule has 5 nitrogen and oxygen atoms in total. The van der Waals surface area contributed by atoms with Gasteiger partial charge in [-0.2, -0.15) is 0 Å². The predicted molar refractivity (Wildman–Crippen MR) is 94.9 cm³/mol. The Morgan fingerprint density at radius 3 is 2.38 bits per heavy atom. The molecule has 3 N–H and O–H groups in total. The highest BCUT2D eigenvalue weighted by Gasteiger charge is 2.39. The zero-order valence-corrected chi connectivity index (χ0v) is 15.1. The first-order valence-corrected chi connectivity index (χ1v) is 9.55. The summed E-state index contributed by atoms with van der Waals surface area (Å²) in [7, 11) is 0. The van der Waals surface area contributed by atoms with Gasteiger partial charge in [0, 0.05) is 6.61 Å². The van der Waals surface area contributed by atoms with Crippen LogP contribution in [0.25, 0.3) is 0 Å². The van der Waals surface area contributed by atoms with Crippen LogP contribution in [0.1, 0.15) is 64.7 Å². The third kappa shape index (κ3) is 9.14. The number of allylic oxidation sites excluding steroid dienone is 2. The van der Waals surface area contributed by atoms with E-state index in [1.54, 1.807) is 0 Å². The highest BCUT2D eigenvalue weighted by molar-refractivity contribution is 4.87. The van der Waals surface area contributed by atoms with E-state index in [2.05, 4.69) is 19.1 Å². The van der Waals surface area contributed by atoms with Gasteiger partial charge in [-0.1, -0.05) is 51.2 Å². The Hall–Kier alpha value is -0.460. The van der Waals surface area contributed by atoms with E-state index in [-0.39, 0.29) is 13.2 Å². The summed E-state index contributed by atoms with van der Waals surface area (Å²) < 4.78 is 10.6. The van der Waals surface area contributed by atoms with E-state index in [0.29, 0.717) is 6.61 Å². The number of aliphatic hydroxyl groups excluding tert-OH is 3. The lowest BCUT2D eigenvalue weighted by Crippen LogP contribution is -2.40. The van der Waals surface area contributed by atoms with E-state index < -0.39 is 24.4 Å². The second kappa shape index (κ2) is 13.8. The van der Waals surface area contributed by atoms with E-state index in [0.717, 1.165) is 12.8 Å². The molecule has 0 bridgehead atoms. The first-order valence-electron chi connectivity index (χ1n) is 9.55. The minimum absolute atomic E-state index is 0.0662. The summed E-state index contributed by atoms with van der Waals surface area (Å²) in [6.07, 6.45) is 11.8. The molecule has 0 spiro atoms. The second-order valence-corrected chi connectivity index (χ2v) is 6.67. The SMILES string of the molecule is CCCC/C=C/CCCCCCCOC[C@H](O)[C@H]1OC[C@@H](O)[C@H]1O. The normalized spacial score (nSPS) is 25.6. The summed E-state index contributed by atoms with van der Waals surface area (Å²) in [5.74, 6) is 0. The Bertz CT molecular complexity index is 321. The van der Waals surface area contributed by atoms with Crippen molar-refractivity contribution in [3.05, 3.63) is 12.2 Å². The molecule has 0 saturated carbocycles. The maximum atomic E-state index is 9.89. The molecule has 4 atom stereocenters. The van der Waals surface area contributed by atoms with Gasteiger partial charge in [0.2, 0.25) is 0 Å². The maximum Gasteiger partial charge on any atom is 0.114 e. The zero-order valence-electron chi connectivity index (χ0n) is 15.1. The third-order valence-corrected chi connectivity index (χ3v) is 4.41. The molecule has 0 unspecified atom stereocenters. The molecular formula is C19H36O5. The Kier molecular flexibility index (Phi) is 12.4. The Labute approximate surface area is 146 Å². The third-order valence-electron chi connectivity index (χ3n) is 4.41. The van der Waals surface area contributed by atoms with Crippen molar-refractivity contribution >= 4 is 0 Å². The maximum absolute atomic E-state index is 9.89. The van der Waals surface area contributed by atoms with Gasteiger partial charge in [-0.25, -0.2) is 0 Å². The van der Waals surface area contributed by atoms with Crippen LogP contribution >= 0.6 is 0 Å². The molecule has 1 rings (SSSR count). The van der Waals surface area contributed by atoms with Gasteiger partial charge in [-0.15, -0.1) is 0 Å². The second-order valence-electron chi connectivity index (χ2n) is 6.67. The molecule has 0 aromatic rings. The van der Waals surface area contributed by atoms with Crippen molar-refractivity contribution in [2.75, 3.05) is 19.8 Å². The molecule has 1 aliphatic heterocycles. The Morgan fingerprint density at radius 2 is 1.71 bits per heavy atom. The van der Waals surface area contributed by atoms with Gasteiger partial charge in [0.15, 0.2) is 0 Å². The molecule has 5 heteroatoms. The molecule has 1 saturated heterocycles. The summed E-state index contributed by atoms with van der Waals surface area (Å²) in [4.78, 5) is 0. The average Bonchev–Trinajstić information content (AvgIpc) is 2.91. The minimum atomic E-state index is -1.03. The topological polar surface area (TPSA) is 79.2 Å². The highest BCUT2D eigenvalue weighted by Crippen LogP contribution is 2.17. The smallest absolute Gasteiger partial charge is 0.114 e. The quantitative estimate of drug-likeness (QED) is 0.333. The minimum Gasteiger partial charge on any atom is -0.388 e. The fourth-order valence-corrected chi connectivity index (χ4v) is 2.82. The van der Waals surface area contributed by atoms with Gasteiger partial charge in [0.1, 0.15) is 24.4 Å². The van der Waals surface area contributed by atoms with Crippen molar-refractivity contribution in [2.45, 2.75) is 89.1 Å². The summed E-state index contributed by atoms with van der Waals surface area (Å²) in [5, 5.41) is 28.9. The van der Waals surface area contributed by atoms with Crippen LogP contribution in [-0.2, 0) is 9.47 Å². The zero-order chi connectivity index (χ0) is 17.6. The van der Waals surface area contributed by atoms with E-state index in [9.17, 15) is 15.3 Å². The van der Waals surface area contributed by atoms with Crippen molar-refractivity contribution in [1.82, 2.24) is 0 Å². The molecule has 1 heterocycles. The van der Waals surface area contributed by atoms with Crippen molar-refractivity contribution in [3.8, 4) is 0 Å². The van der Waals surface area contributed by atoms with Crippen LogP contribution in [0.3, 0.4) is 0 Å². The lowest BCUT2D eigenvalue weighted by molar-refractivity contribution is -0.0813. The molecule has 1 aliphatic rings. The first kappa shape index (κ1) is 21.6. The molecule has 0 amide bonds. The van der Waals surface area contributed by atoms with Crippen molar-refractivity contribution < 1.29 is 24.8 Å². The van der Waals surface area contributed by atoms with E-state index in [1.165, 1.54) is 44.9 Å². The van der Waals surface area contributed by atoms with Gasteiger partial charge in [-0.05, 0) is 25.7 Å². The number of unbranched alkanes of at least 4 members (excludes halogenated alkanes) is 7. The predicted octanol–water partition coefficient (Wildman–Crippen LogP) is 2.57. The van der Waals surface area contributed by atoms with Crippen LogP contribution < -0.4 is 0 Å². The number of aliphatic hydroxyl groups is 3. The summed E-state index contributed by atoms with van der Waals surface area (Å²) in [6.45, 7) is 3.03. The number of hydrogen-bond acceptors (Lipinski definition) is 5. The molecule has 142 valence electrons. The van der Waals surface area contributed by atoms with Crippen LogP contribution in [-0.4, -0.2) is 59.6 Å². The van der Waals surface area contributed by atoms with Crippen molar-refractivity contribution in [2.24, 2.45) is 0 Å². The molecule has 0 radical (unpaired) electrons. The molecule has 24 heavy (non-hydrogen) atoms. The lowest BCUT2D eigenvalue weighted by Gasteiger charge is -2.20. The van der Waals surface area contributed by atoms with Crippen LogP contribution in [0.2, 0.25) is 0 Å². The highest BCUT2D eigenvalue weighted by atomic mass is 16.5. The van der Waals surface area contributed by atoms with Crippen LogP contribution in [0.5, 0.6) is 0 Å². The Balaban J connectivity index is 1.86. The van der Waals surface area contributed by atoms with E-state index in [4.69, 9.17) is 9.47 Å². The lowest BCUT2D eigenvalue weighted by atomic mass is 10.1. The molecule has 0 aromatic heterocycles. The monoisotopic (exact) mass is 344 g/mol. The van der Waals surface area contributed by atoms with Crippen molar-refractivity contribution in [3.63, 3.8) is 0 Å². The number of hydrogen-bond donors (Lipinski definition) is 3. The fourth-order valence-electron chi connectivity index (χ4n) is 2.82. The molecule has 0 aliphatic carbocycles. The largest absolute Gasteiger partial charge is 0.388 e. The van der Waals surface area contributed by atoms with Gasteiger partial charge in [0.05, 0.1) is 13.2 Å². The van der Waals surface area contributed by atoms with E-state index in [1.807, 2.05) is 0 Å². The van der Waals surface area contributed by atoms with Gasteiger partial charge in [-0.3, -0.25) is 0 Å².